The van der Waals surface area contributed by atoms with Crippen LogP contribution >= 0.6 is 0 Å². The molecule has 21 heavy (non-hydrogen) atoms. The van der Waals surface area contributed by atoms with Gasteiger partial charge in [-0.15, -0.1) is 0 Å². The minimum atomic E-state index is 0.343. The molecule has 0 saturated heterocycles. The predicted octanol–water partition coefficient (Wildman–Crippen LogP) is 3.05. The molecular weight excluding hydrogens is 260 g/mol. The van der Waals surface area contributed by atoms with Crippen molar-refractivity contribution in [3.8, 4) is 0 Å². The van der Waals surface area contributed by atoms with E-state index in [0.29, 0.717) is 12.0 Å². The second-order valence-corrected chi connectivity index (χ2v) is 5.77. The van der Waals surface area contributed by atoms with Gasteiger partial charge in [0.05, 0.1) is 6.20 Å². The van der Waals surface area contributed by atoms with Crippen molar-refractivity contribution in [2.75, 3.05) is 18.9 Å². The Balaban J connectivity index is 1.93. The van der Waals surface area contributed by atoms with E-state index in [1.165, 1.54) is 5.56 Å². The zero-order valence-electron chi connectivity index (χ0n) is 13.0. The molecule has 0 aliphatic rings. The monoisotopic (exact) mass is 284 g/mol. The molecule has 1 atom stereocenters. The summed E-state index contributed by atoms with van der Waals surface area (Å²) in [4.78, 5) is 10.7. The number of likely N-dealkylation sites (N-methyl/N-ethyl adjacent to an activating group) is 1. The Hall–Kier alpha value is -1.94. The molecule has 1 heterocycles. The molecule has 1 aromatic carbocycles. The van der Waals surface area contributed by atoms with Gasteiger partial charge in [0.2, 0.25) is 0 Å². The topological polar surface area (TPSA) is 41.0 Å². The van der Waals surface area contributed by atoms with E-state index in [-0.39, 0.29) is 0 Å². The predicted molar refractivity (Wildman–Crippen MR) is 87.1 cm³/mol. The fourth-order valence-electron chi connectivity index (χ4n) is 2.28. The summed E-state index contributed by atoms with van der Waals surface area (Å²) in [6, 6.07) is 10.9. The van der Waals surface area contributed by atoms with Gasteiger partial charge in [0, 0.05) is 31.5 Å². The average Bonchev–Trinajstić information content (AvgIpc) is 2.48. The first-order chi connectivity index (χ1) is 10.1. The molecule has 0 aliphatic carbocycles. The van der Waals surface area contributed by atoms with Crippen LogP contribution in [0.15, 0.2) is 48.9 Å². The van der Waals surface area contributed by atoms with Gasteiger partial charge in [-0.1, -0.05) is 44.2 Å². The molecule has 0 aliphatic heterocycles. The zero-order chi connectivity index (χ0) is 15.1. The van der Waals surface area contributed by atoms with E-state index in [9.17, 15) is 0 Å². The van der Waals surface area contributed by atoms with Crippen LogP contribution < -0.4 is 5.32 Å². The minimum Gasteiger partial charge on any atom is -0.365 e. The molecule has 1 aromatic heterocycles. The number of hydrogen-bond acceptors (Lipinski definition) is 4. The van der Waals surface area contributed by atoms with Crippen LogP contribution in [0.3, 0.4) is 0 Å². The van der Waals surface area contributed by atoms with Gasteiger partial charge in [0.25, 0.3) is 0 Å². The Morgan fingerprint density at radius 2 is 1.90 bits per heavy atom. The van der Waals surface area contributed by atoms with Gasteiger partial charge in [0.15, 0.2) is 0 Å². The van der Waals surface area contributed by atoms with Crippen molar-refractivity contribution in [1.82, 2.24) is 14.9 Å². The van der Waals surface area contributed by atoms with Crippen molar-refractivity contribution < 1.29 is 0 Å². The van der Waals surface area contributed by atoms with Gasteiger partial charge in [-0.05, 0) is 18.5 Å². The normalized spacial score (nSPS) is 12.6. The van der Waals surface area contributed by atoms with Crippen LogP contribution in [0.5, 0.6) is 0 Å². The maximum Gasteiger partial charge on any atom is 0.144 e. The van der Waals surface area contributed by atoms with Crippen LogP contribution in [-0.4, -0.2) is 34.5 Å². The van der Waals surface area contributed by atoms with Crippen molar-refractivity contribution in [2.45, 2.75) is 26.4 Å². The molecule has 1 unspecified atom stereocenters. The van der Waals surface area contributed by atoms with E-state index >= 15 is 0 Å². The lowest BCUT2D eigenvalue weighted by atomic mass is 10.0. The summed E-state index contributed by atoms with van der Waals surface area (Å²) >= 11 is 0. The van der Waals surface area contributed by atoms with Crippen molar-refractivity contribution >= 4 is 5.82 Å². The highest BCUT2D eigenvalue weighted by atomic mass is 15.1. The summed E-state index contributed by atoms with van der Waals surface area (Å²) in [5.74, 6) is 1.36. The Bertz CT molecular complexity index is 513. The number of hydrogen-bond donors (Lipinski definition) is 1. The summed E-state index contributed by atoms with van der Waals surface area (Å²) in [7, 11) is 2.15. The zero-order valence-corrected chi connectivity index (χ0v) is 13.0. The van der Waals surface area contributed by atoms with Crippen LogP contribution in [0, 0.1) is 5.92 Å². The Labute approximate surface area is 127 Å². The number of rotatable bonds is 7. The highest BCUT2D eigenvalue weighted by Crippen LogP contribution is 2.12. The molecule has 0 bridgehead atoms. The number of aromatic nitrogens is 2. The fraction of sp³-hybridized carbons (Fsp3) is 0.412. The minimum absolute atomic E-state index is 0.343. The smallest absolute Gasteiger partial charge is 0.144 e. The molecule has 0 saturated carbocycles. The first kappa shape index (κ1) is 15.4. The van der Waals surface area contributed by atoms with Crippen molar-refractivity contribution in [2.24, 2.45) is 5.92 Å². The van der Waals surface area contributed by atoms with Gasteiger partial charge >= 0.3 is 0 Å². The Morgan fingerprint density at radius 1 is 1.14 bits per heavy atom. The third-order valence-electron chi connectivity index (χ3n) is 3.50. The molecule has 2 aromatic rings. The second-order valence-electron chi connectivity index (χ2n) is 5.77. The van der Waals surface area contributed by atoms with Crippen molar-refractivity contribution in [3.63, 3.8) is 0 Å². The van der Waals surface area contributed by atoms with E-state index < -0.39 is 0 Å². The maximum absolute atomic E-state index is 4.30. The van der Waals surface area contributed by atoms with Crippen molar-refractivity contribution in [1.29, 1.82) is 0 Å². The summed E-state index contributed by atoms with van der Waals surface area (Å²) in [6.07, 6.45) is 5.18. The SMILES string of the molecule is CC(C)C(CN(C)Cc1ccccc1)Nc1cnccn1. The Kier molecular flexibility index (Phi) is 5.69. The van der Waals surface area contributed by atoms with Gasteiger partial charge in [-0.25, -0.2) is 4.98 Å². The molecule has 0 amide bonds. The Morgan fingerprint density at radius 3 is 2.52 bits per heavy atom. The number of benzene rings is 1. The first-order valence-electron chi connectivity index (χ1n) is 7.40. The molecule has 4 heteroatoms. The standard InChI is InChI=1S/C17H24N4/c1-14(2)16(20-17-11-18-9-10-19-17)13-21(3)12-15-7-5-4-6-8-15/h4-11,14,16H,12-13H2,1-3H3,(H,19,20). The van der Waals surface area contributed by atoms with E-state index in [0.717, 1.165) is 18.9 Å². The van der Waals surface area contributed by atoms with Crippen molar-refractivity contribution in [3.05, 3.63) is 54.5 Å². The first-order valence-corrected chi connectivity index (χ1v) is 7.40. The van der Waals surface area contributed by atoms with E-state index in [2.05, 4.69) is 71.4 Å². The van der Waals surface area contributed by atoms with Crippen LogP contribution in [0.4, 0.5) is 5.82 Å². The van der Waals surface area contributed by atoms with Gasteiger partial charge in [0.1, 0.15) is 5.82 Å². The van der Waals surface area contributed by atoms with Crippen LogP contribution in [-0.2, 0) is 6.54 Å². The largest absolute Gasteiger partial charge is 0.365 e. The molecule has 1 N–H and O–H groups in total. The summed E-state index contributed by atoms with van der Waals surface area (Å²) in [6.45, 7) is 6.37. The molecule has 0 spiro atoms. The summed E-state index contributed by atoms with van der Waals surface area (Å²) < 4.78 is 0. The second kappa shape index (κ2) is 7.74. The molecule has 0 fully saturated rings. The van der Waals surface area contributed by atoms with Crippen LogP contribution in [0.25, 0.3) is 0 Å². The molecule has 0 radical (unpaired) electrons. The van der Waals surface area contributed by atoms with Crippen LogP contribution in [0.1, 0.15) is 19.4 Å². The van der Waals surface area contributed by atoms with E-state index in [1.807, 2.05) is 0 Å². The molecule has 2 rings (SSSR count). The highest BCUT2D eigenvalue weighted by molar-refractivity contribution is 5.31. The number of nitrogens with zero attached hydrogens (tertiary/aromatic N) is 3. The number of nitrogens with one attached hydrogen (secondary N) is 1. The maximum atomic E-state index is 4.30. The summed E-state index contributed by atoms with van der Waals surface area (Å²) in [5.41, 5.74) is 1.34. The third kappa shape index (κ3) is 5.16. The van der Waals surface area contributed by atoms with E-state index in [4.69, 9.17) is 0 Å². The van der Waals surface area contributed by atoms with Gasteiger partial charge in [-0.2, -0.15) is 0 Å². The molecular formula is C17H24N4. The lowest BCUT2D eigenvalue weighted by molar-refractivity contribution is 0.286. The fourth-order valence-corrected chi connectivity index (χ4v) is 2.28. The lowest BCUT2D eigenvalue weighted by Crippen LogP contribution is -2.38. The van der Waals surface area contributed by atoms with Crippen LogP contribution in [0.2, 0.25) is 0 Å². The third-order valence-corrected chi connectivity index (χ3v) is 3.50. The lowest BCUT2D eigenvalue weighted by Gasteiger charge is -2.28. The molecule has 112 valence electrons. The average molecular weight is 284 g/mol. The highest BCUT2D eigenvalue weighted by Gasteiger charge is 2.16. The van der Waals surface area contributed by atoms with Gasteiger partial charge in [-0.3, -0.25) is 4.98 Å². The van der Waals surface area contributed by atoms with E-state index in [1.54, 1.807) is 18.6 Å². The number of anilines is 1. The quantitative estimate of drug-likeness (QED) is 0.848. The summed E-state index contributed by atoms with van der Waals surface area (Å²) in [5, 5.41) is 3.48. The molecule has 4 nitrogen and oxygen atoms in total. The van der Waals surface area contributed by atoms with Gasteiger partial charge < -0.3 is 10.2 Å².